The van der Waals surface area contributed by atoms with Crippen molar-refractivity contribution in [2.75, 3.05) is 0 Å². The molecule has 0 unspecified atom stereocenters. The van der Waals surface area contributed by atoms with Crippen LogP contribution in [-0.2, 0) is 6.42 Å². The third-order valence-corrected chi connectivity index (χ3v) is 1.66. The van der Waals surface area contributed by atoms with Crippen LogP contribution in [0, 0.1) is 0 Å². The Bertz CT molecular complexity index is 265. The second-order valence-electron chi connectivity index (χ2n) is 3.65. The van der Waals surface area contributed by atoms with Crippen molar-refractivity contribution in [3.8, 4) is 0 Å². The average molecular weight is 185 g/mol. The molecular formula is C9H13ClN2. The van der Waals surface area contributed by atoms with E-state index in [0.717, 1.165) is 12.0 Å². The highest BCUT2D eigenvalue weighted by Gasteiger charge is 2.11. The van der Waals surface area contributed by atoms with Gasteiger partial charge in [-0.1, -0.05) is 11.6 Å². The fourth-order valence-electron chi connectivity index (χ4n) is 1.08. The number of aromatic nitrogens is 1. The molecule has 0 atom stereocenters. The van der Waals surface area contributed by atoms with Crippen LogP contribution >= 0.6 is 11.6 Å². The summed E-state index contributed by atoms with van der Waals surface area (Å²) >= 11 is 5.72. The van der Waals surface area contributed by atoms with Crippen LogP contribution in [0.4, 0.5) is 0 Å². The van der Waals surface area contributed by atoms with Crippen molar-refractivity contribution < 1.29 is 0 Å². The summed E-state index contributed by atoms with van der Waals surface area (Å²) in [5, 5.41) is 0.525. The zero-order valence-electron chi connectivity index (χ0n) is 7.34. The van der Waals surface area contributed by atoms with E-state index in [4.69, 9.17) is 17.3 Å². The zero-order valence-corrected chi connectivity index (χ0v) is 8.10. The molecule has 0 aliphatic heterocycles. The van der Waals surface area contributed by atoms with E-state index in [1.165, 1.54) is 0 Å². The summed E-state index contributed by atoms with van der Waals surface area (Å²) in [6.45, 7) is 3.97. The number of rotatable bonds is 2. The average Bonchev–Trinajstić information content (AvgIpc) is 1.82. The molecule has 0 bridgehead atoms. The summed E-state index contributed by atoms with van der Waals surface area (Å²) in [7, 11) is 0. The fraction of sp³-hybridized carbons (Fsp3) is 0.444. The lowest BCUT2D eigenvalue weighted by Crippen LogP contribution is -2.34. The van der Waals surface area contributed by atoms with Gasteiger partial charge in [0.05, 0.1) is 0 Å². The molecule has 2 nitrogen and oxygen atoms in total. The Kier molecular flexibility index (Phi) is 2.70. The molecule has 0 amide bonds. The molecule has 1 heterocycles. The van der Waals surface area contributed by atoms with Gasteiger partial charge < -0.3 is 5.73 Å². The van der Waals surface area contributed by atoms with Gasteiger partial charge in [-0.05, 0) is 38.0 Å². The molecule has 1 aromatic rings. The van der Waals surface area contributed by atoms with Crippen molar-refractivity contribution in [1.29, 1.82) is 0 Å². The molecule has 0 radical (unpaired) electrons. The number of halogens is 1. The standard InChI is InChI=1S/C9H13ClN2/c1-9(2,11)6-7-3-4-12-8(10)5-7/h3-5H,6,11H2,1-2H3. The van der Waals surface area contributed by atoms with Crippen LogP contribution in [0.2, 0.25) is 5.15 Å². The van der Waals surface area contributed by atoms with Gasteiger partial charge in [0.15, 0.2) is 0 Å². The second kappa shape index (κ2) is 3.42. The number of nitrogens with two attached hydrogens (primary N) is 1. The van der Waals surface area contributed by atoms with Gasteiger partial charge in [-0.25, -0.2) is 4.98 Å². The maximum atomic E-state index is 5.85. The van der Waals surface area contributed by atoms with Crippen LogP contribution in [0.5, 0.6) is 0 Å². The minimum absolute atomic E-state index is 0.190. The third-order valence-electron chi connectivity index (χ3n) is 1.45. The van der Waals surface area contributed by atoms with Gasteiger partial charge >= 0.3 is 0 Å². The third kappa shape index (κ3) is 3.20. The van der Waals surface area contributed by atoms with E-state index in [9.17, 15) is 0 Å². The predicted octanol–water partition coefficient (Wildman–Crippen LogP) is 2.01. The largest absolute Gasteiger partial charge is 0.325 e. The first-order valence-electron chi connectivity index (χ1n) is 3.87. The van der Waals surface area contributed by atoms with E-state index in [2.05, 4.69) is 4.98 Å². The van der Waals surface area contributed by atoms with Crippen LogP contribution in [0.25, 0.3) is 0 Å². The lowest BCUT2D eigenvalue weighted by Gasteiger charge is -2.17. The van der Waals surface area contributed by atoms with Gasteiger partial charge in [0.1, 0.15) is 5.15 Å². The highest BCUT2D eigenvalue weighted by atomic mass is 35.5. The first-order chi connectivity index (χ1) is 5.47. The van der Waals surface area contributed by atoms with E-state index in [1.54, 1.807) is 6.20 Å². The van der Waals surface area contributed by atoms with Crippen LogP contribution in [-0.4, -0.2) is 10.5 Å². The zero-order chi connectivity index (χ0) is 9.19. The molecule has 0 saturated heterocycles. The molecule has 3 heteroatoms. The highest BCUT2D eigenvalue weighted by molar-refractivity contribution is 6.29. The SMILES string of the molecule is CC(C)(N)Cc1ccnc(Cl)c1. The van der Waals surface area contributed by atoms with Gasteiger partial charge in [-0.2, -0.15) is 0 Å². The molecular weight excluding hydrogens is 172 g/mol. The Balaban J connectivity index is 2.77. The van der Waals surface area contributed by atoms with E-state index < -0.39 is 0 Å². The van der Waals surface area contributed by atoms with Gasteiger partial charge in [0.2, 0.25) is 0 Å². The Labute approximate surface area is 77.8 Å². The lowest BCUT2D eigenvalue weighted by molar-refractivity contribution is 0.516. The molecule has 0 spiro atoms. The van der Waals surface area contributed by atoms with E-state index in [0.29, 0.717) is 5.15 Å². The van der Waals surface area contributed by atoms with Crippen LogP contribution < -0.4 is 5.73 Å². The molecule has 12 heavy (non-hydrogen) atoms. The molecule has 2 N–H and O–H groups in total. The summed E-state index contributed by atoms with van der Waals surface area (Å²) in [4.78, 5) is 3.89. The van der Waals surface area contributed by atoms with Crippen LogP contribution in [0.1, 0.15) is 19.4 Å². The number of hydrogen-bond acceptors (Lipinski definition) is 2. The fourth-order valence-corrected chi connectivity index (χ4v) is 1.28. The van der Waals surface area contributed by atoms with Crippen molar-refractivity contribution in [3.05, 3.63) is 29.0 Å². The predicted molar refractivity (Wildman–Crippen MR) is 51.2 cm³/mol. The maximum absolute atomic E-state index is 5.85. The Morgan fingerprint density at radius 2 is 2.25 bits per heavy atom. The normalized spacial score (nSPS) is 11.7. The number of pyridine rings is 1. The molecule has 0 saturated carbocycles. The molecule has 0 fully saturated rings. The van der Waals surface area contributed by atoms with Crippen molar-refractivity contribution >= 4 is 11.6 Å². The summed E-state index contributed by atoms with van der Waals surface area (Å²) in [6.07, 6.45) is 2.51. The summed E-state index contributed by atoms with van der Waals surface area (Å²) in [5.41, 5.74) is 6.79. The Morgan fingerprint density at radius 3 is 2.75 bits per heavy atom. The number of nitrogens with zero attached hydrogens (tertiary/aromatic N) is 1. The first kappa shape index (κ1) is 9.49. The molecule has 0 aliphatic carbocycles. The first-order valence-corrected chi connectivity index (χ1v) is 4.24. The van der Waals surface area contributed by atoms with Crippen molar-refractivity contribution in [2.45, 2.75) is 25.8 Å². The number of hydrogen-bond donors (Lipinski definition) is 1. The molecule has 1 aromatic heterocycles. The van der Waals surface area contributed by atoms with Gasteiger partial charge in [-0.3, -0.25) is 0 Å². The van der Waals surface area contributed by atoms with Gasteiger partial charge in [0, 0.05) is 11.7 Å². The minimum atomic E-state index is -0.190. The summed E-state index contributed by atoms with van der Waals surface area (Å²) in [6, 6.07) is 3.77. The van der Waals surface area contributed by atoms with Crippen molar-refractivity contribution in [1.82, 2.24) is 4.98 Å². The topological polar surface area (TPSA) is 38.9 Å². The minimum Gasteiger partial charge on any atom is -0.325 e. The van der Waals surface area contributed by atoms with Crippen LogP contribution in [0.3, 0.4) is 0 Å². The van der Waals surface area contributed by atoms with Crippen LogP contribution in [0.15, 0.2) is 18.3 Å². The highest BCUT2D eigenvalue weighted by Crippen LogP contribution is 2.12. The summed E-state index contributed by atoms with van der Waals surface area (Å²) in [5.74, 6) is 0. The Morgan fingerprint density at radius 1 is 1.58 bits per heavy atom. The van der Waals surface area contributed by atoms with E-state index in [-0.39, 0.29) is 5.54 Å². The molecule has 0 aliphatic rings. The summed E-state index contributed by atoms with van der Waals surface area (Å²) < 4.78 is 0. The van der Waals surface area contributed by atoms with Gasteiger partial charge in [0.25, 0.3) is 0 Å². The molecule has 66 valence electrons. The Hall–Kier alpha value is -0.600. The van der Waals surface area contributed by atoms with Crippen molar-refractivity contribution in [3.63, 3.8) is 0 Å². The maximum Gasteiger partial charge on any atom is 0.129 e. The second-order valence-corrected chi connectivity index (χ2v) is 4.04. The smallest absolute Gasteiger partial charge is 0.129 e. The lowest BCUT2D eigenvalue weighted by atomic mass is 9.97. The molecule has 1 rings (SSSR count). The molecule has 0 aromatic carbocycles. The quantitative estimate of drug-likeness (QED) is 0.715. The van der Waals surface area contributed by atoms with Gasteiger partial charge in [-0.15, -0.1) is 0 Å². The monoisotopic (exact) mass is 184 g/mol. The van der Waals surface area contributed by atoms with Crippen molar-refractivity contribution in [2.24, 2.45) is 5.73 Å². The van der Waals surface area contributed by atoms with E-state index in [1.807, 2.05) is 26.0 Å². The van der Waals surface area contributed by atoms with E-state index >= 15 is 0 Å².